The molecule has 4 nitrogen and oxygen atoms in total. The first-order chi connectivity index (χ1) is 12.9. The lowest BCUT2D eigenvalue weighted by Gasteiger charge is -2.23. The second-order valence-electron chi connectivity index (χ2n) is 7.56. The Hall–Kier alpha value is -3.14. The van der Waals surface area contributed by atoms with Crippen molar-refractivity contribution in [2.75, 3.05) is 10.6 Å². The molecule has 0 aliphatic rings. The highest BCUT2D eigenvalue weighted by atomic mass is 16.1. The maximum atomic E-state index is 12.1. The van der Waals surface area contributed by atoms with Gasteiger partial charge >= 0.3 is 0 Å². The van der Waals surface area contributed by atoms with Crippen LogP contribution in [0, 0.1) is 0 Å². The molecule has 1 aromatic heterocycles. The summed E-state index contributed by atoms with van der Waals surface area (Å²) in [5.41, 5.74) is 4.21. The molecule has 4 heteroatoms. The molecule has 0 unspecified atom stereocenters. The van der Waals surface area contributed by atoms with Crippen LogP contribution in [0.4, 0.5) is 17.2 Å². The number of anilines is 3. The van der Waals surface area contributed by atoms with Gasteiger partial charge in [0, 0.05) is 5.69 Å². The third kappa shape index (κ3) is 5.17. The number of hydrogen-bond donors (Lipinski definition) is 2. The van der Waals surface area contributed by atoms with E-state index in [1.165, 1.54) is 5.56 Å². The Bertz CT molecular complexity index is 897. The lowest BCUT2D eigenvalue weighted by molar-refractivity contribution is -0.115. The smallest absolute Gasteiger partial charge is 0.229 e. The standard InChI is InChI=1S/C23H25N3O/c1-23(2,3)19-11-7-8-12-20(19)25-18-13-14-21(24-16-18)26-22(27)15-17-9-5-4-6-10-17/h4-14,16,25H,15H2,1-3H3,(H,24,26,27). The fraction of sp³-hybridized carbons (Fsp3) is 0.217. The Morgan fingerprint density at radius 2 is 1.63 bits per heavy atom. The van der Waals surface area contributed by atoms with E-state index in [9.17, 15) is 4.79 Å². The number of pyridine rings is 1. The summed E-state index contributed by atoms with van der Waals surface area (Å²) in [4.78, 5) is 16.5. The van der Waals surface area contributed by atoms with Gasteiger partial charge in [0.25, 0.3) is 0 Å². The van der Waals surface area contributed by atoms with Gasteiger partial charge in [-0.1, -0.05) is 69.3 Å². The van der Waals surface area contributed by atoms with Crippen LogP contribution >= 0.6 is 0 Å². The van der Waals surface area contributed by atoms with Gasteiger partial charge in [-0.25, -0.2) is 4.98 Å². The number of rotatable bonds is 5. The average Bonchev–Trinajstić information content (AvgIpc) is 2.64. The second-order valence-corrected chi connectivity index (χ2v) is 7.56. The zero-order chi connectivity index (χ0) is 19.3. The minimum atomic E-state index is -0.0764. The molecule has 0 bridgehead atoms. The fourth-order valence-electron chi connectivity index (χ4n) is 2.91. The zero-order valence-corrected chi connectivity index (χ0v) is 16.0. The number of para-hydroxylation sites is 1. The van der Waals surface area contributed by atoms with Crippen molar-refractivity contribution < 1.29 is 4.79 Å². The molecule has 3 aromatic rings. The van der Waals surface area contributed by atoms with E-state index in [2.05, 4.69) is 54.6 Å². The van der Waals surface area contributed by atoms with Crippen molar-refractivity contribution in [3.63, 3.8) is 0 Å². The summed E-state index contributed by atoms with van der Waals surface area (Å²) >= 11 is 0. The molecule has 138 valence electrons. The van der Waals surface area contributed by atoms with Crippen molar-refractivity contribution in [1.29, 1.82) is 0 Å². The van der Waals surface area contributed by atoms with Gasteiger partial charge in [0.05, 0.1) is 18.3 Å². The summed E-state index contributed by atoms with van der Waals surface area (Å²) < 4.78 is 0. The van der Waals surface area contributed by atoms with Crippen LogP contribution in [0.1, 0.15) is 31.9 Å². The van der Waals surface area contributed by atoms with Crippen molar-refractivity contribution in [3.8, 4) is 0 Å². The fourth-order valence-corrected chi connectivity index (χ4v) is 2.91. The van der Waals surface area contributed by atoms with Gasteiger partial charge in [0.2, 0.25) is 5.91 Å². The normalized spacial score (nSPS) is 11.1. The van der Waals surface area contributed by atoms with Crippen LogP contribution in [0.5, 0.6) is 0 Å². The molecule has 0 aliphatic heterocycles. The van der Waals surface area contributed by atoms with E-state index in [-0.39, 0.29) is 11.3 Å². The topological polar surface area (TPSA) is 54.0 Å². The number of benzene rings is 2. The van der Waals surface area contributed by atoms with Crippen molar-refractivity contribution in [2.24, 2.45) is 0 Å². The molecule has 3 rings (SSSR count). The van der Waals surface area contributed by atoms with Gasteiger partial charge in [0.1, 0.15) is 5.82 Å². The van der Waals surface area contributed by atoms with E-state index < -0.39 is 0 Å². The van der Waals surface area contributed by atoms with E-state index in [0.717, 1.165) is 16.9 Å². The molecule has 1 heterocycles. The summed E-state index contributed by atoms with van der Waals surface area (Å²) in [6, 6.07) is 21.7. The maximum absolute atomic E-state index is 12.1. The molecule has 2 N–H and O–H groups in total. The molecule has 0 atom stereocenters. The van der Waals surface area contributed by atoms with Gasteiger partial charge < -0.3 is 10.6 Å². The van der Waals surface area contributed by atoms with Gasteiger partial charge in [-0.15, -0.1) is 0 Å². The highest BCUT2D eigenvalue weighted by Gasteiger charge is 2.17. The number of nitrogens with zero attached hydrogens (tertiary/aromatic N) is 1. The molecular formula is C23H25N3O. The van der Waals surface area contributed by atoms with Crippen molar-refractivity contribution >= 4 is 23.1 Å². The average molecular weight is 359 g/mol. The maximum Gasteiger partial charge on any atom is 0.229 e. The Morgan fingerprint density at radius 1 is 0.926 bits per heavy atom. The quantitative estimate of drug-likeness (QED) is 0.649. The number of hydrogen-bond acceptors (Lipinski definition) is 3. The minimum absolute atomic E-state index is 0.0440. The highest BCUT2D eigenvalue weighted by molar-refractivity contribution is 5.91. The predicted octanol–water partition coefficient (Wildman–Crippen LogP) is 5.30. The van der Waals surface area contributed by atoms with Crippen molar-refractivity contribution in [2.45, 2.75) is 32.6 Å². The molecule has 0 aliphatic carbocycles. The SMILES string of the molecule is CC(C)(C)c1ccccc1Nc1ccc(NC(=O)Cc2ccccc2)nc1. The van der Waals surface area contributed by atoms with Crippen LogP contribution in [0.25, 0.3) is 0 Å². The second kappa shape index (κ2) is 8.04. The van der Waals surface area contributed by atoms with Crippen LogP contribution < -0.4 is 10.6 Å². The first kappa shape index (κ1) is 18.6. The van der Waals surface area contributed by atoms with E-state index in [0.29, 0.717) is 12.2 Å². The minimum Gasteiger partial charge on any atom is -0.354 e. The third-order valence-electron chi connectivity index (χ3n) is 4.25. The Morgan fingerprint density at radius 3 is 2.30 bits per heavy atom. The van der Waals surface area contributed by atoms with Crippen LogP contribution in [-0.2, 0) is 16.6 Å². The molecule has 27 heavy (non-hydrogen) atoms. The number of nitrogens with one attached hydrogen (secondary N) is 2. The van der Waals surface area contributed by atoms with Gasteiger partial charge in [-0.05, 0) is 34.7 Å². The largest absolute Gasteiger partial charge is 0.354 e. The van der Waals surface area contributed by atoms with E-state index in [4.69, 9.17) is 0 Å². The van der Waals surface area contributed by atoms with Crippen LogP contribution in [-0.4, -0.2) is 10.9 Å². The molecule has 2 aromatic carbocycles. The number of carbonyl (C=O) groups excluding carboxylic acids is 1. The summed E-state index contributed by atoms with van der Waals surface area (Å²) in [6.07, 6.45) is 2.07. The summed E-state index contributed by atoms with van der Waals surface area (Å²) in [7, 11) is 0. The van der Waals surface area contributed by atoms with Gasteiger partial charge in [-0.2, -0.15) is 0 Å². The van der Waals surface area contributed by atoms with E-state index in [1.54, 1.807) is 6.20 Å². The van der Waals surface area contributed by atoms with Crippen molar-refractivity contribution in [1.82, 2.24) is 4.98 Å². The number of aromatic nitrogens is 1. The first-order valence-corrected chi connectivity index (χ1v) is 9.08. The summed E-state index contributed by atoms with van der Waals surface area (Å²) in [5, 5.41) is 6.26. The summed E-state index contributed by atoms with van der Waals surface area (Å²) in [5.74, 6) is 0.470. The van der Waals surface area contributed by atoms with E-state index in [1.807, 2.05) is 48.5 Å². The number of carbonyl (C=O) groups is 1. The summed E-state index contributed by atoms with van der Waals surface area (Å²) in [6.45, 7) is 6.57. The van der Waals surface area contributed by atoms with Crippen LogP contribution in [0.15, 0.2) is 72.9 Å². The first-order valence-electron chi connectivity index (χ1n) is 9.08. The molecule has 0 radical (unpaired) electrons. The molecule has 0 saturated heterocycles. The van der Waals surface area contributed by atoms with Gasteiger partial charge in [-0.3, -0.25) is 4.79 Å². The molecular weight excluding hydrogens is 334 g/mol. The Labute approximate surface area is 160 Å². The molecule has 1 amide bonds. The van der Waals surface area contributed by atoms with Crippen LogP contribution in [0.3, 0.4) is 0 Å². The highest BCUT2D eigenvalue weighted by Crippen LogP contribution is 2.31. The van der Waals surface area contributed by atoms with E-state index >= 15 is 0 Å². The van der Waals surface area contributed by atoms with Gasteiger partial charge in [0.15, 0.2) is 0 Å². The predicted molar refractivity (Wildman–Crippen MR) is 111 cm³/mol. The van der Waals surface area contributed by atoms with Crippen molar-refractivity contribution in [3.05, 3.63) is 84.1 Å². The molecule has 0 spiro atoms. The molecule has 0 saturated carbocycles. The Kier molecular flexibility index (Phi) is 5.55. The third-order valence-corrected chi connectivity index (χ3v) is 4.25. The number of amides is 1. The lowest BCUT2D eigenvalue weighted by Crippen LogP contribution is -2.15. The molecule has 0 fully saturated rings. The van der Waals surface area contributed by atoms with Crippen LogP contribution in [0.2, 0.25) is 0 Å². The zero-order valence-electron chi connectivity index (χ0n) is 16.0. The lowest BCUT2D eigenvalue weighted by atomic mass is 9.86. The Balaban J connectivity index is 1.65. The monoisotopic (exact) mass is 359 g/mol.